The molecule has 1 unspecified atom stereocenters. The van der Waals surface area contributed by atoms with Crippen molar-refractivity contribution in [1.82, 2.24) is 0 Å². The van der Waals surface area contributed by atoms with Crippen LogP contribution >= 0.6 is 0 Å². The van der Waals surface area contributed by atoms with Crippen LogP contribution in [-0.2, 0) is 28.6 Å². The van der Waals surface area contributed by atoms with Gasteiger partial charge in [0, 0.05) is 19.3 Å². The minimum atomic E-state index is -0.784. The van der Waals surface area contributed by atoms with Gasteiger partial charge in [-0.3, -0.25) is 14.4 Å². The third-order valence-electron chi connectivity index (χ3n) is 10.8. The molecule has 0 rings (SSSR count). The monoisotopic (exact) mass is 827 g/mol. The van der Waals surface area contributed by atoms with E-state index >= 15 is 0 Å². The van der Waals surface area contributed by atoms with Gasteiger partial charge in [-0.1, -0.05) is 185 Å². The summed E-state index contributed by atoms with van der Waals surface area (Å²) in [5.41, 5.74) is 0. The van der Waals surface area contributed by atoms with Gasteiger partial charge in [0.05, 0.1) is 0 Å². The molecule has 0 saturated carbocycles. The van der Waals surface area contributed by atoms with Gasteiger partial charge in [0.15, 0.2) is 6.10 Å². The van der Waals surface area contributed by atoms with Crippen molar-refractivity contribution in [3.63, 3.8) is 0 Å². The zero-order valence-corrected chi connectivity index (χ0v) is 39.0. The van der Waals surface area contributed by atoms with E-state index in [0.29, 0.717) is 19.3 Å². The second kappa shape index (κ2) is 48.0. The maximum atomic E-state index is 12.8. The second-order valence-corrected chi connectivity index (χ2v) is 16.7. The molecule has 0 aliphatic heterocycles. The first-order valence-electron chi connectivity index (χ1n) is 25.1. The highest BCUT2D eigenvalue weighted by Crippen LogP contribution is 2.14. The summed E-state index contributed by atoms with van der Waals surface area (Å²) in [7, 11) is 0. The van der Waals surface area contributed by atoms with Crippen molar-refractivity contribution < 1.29 is 28.6 Å². The number of carbonyl (C=O) groups is 3. The lowest BCUT2D eigenvalue weighted by Gasteiger charge is -2.18. The van der Waals surface area contributed by atoms with Crippen molar-refractivity contribution in [2.45, 2.75) is 258 Å². The van der Waals surface area contributed by atoms with Gasteiger partial charge in [0.2, 0.25) is 0 Å². The van der Waals surface area contributed by atoms with Crippen molar-refractivity contribution in [3.05, 3.63) is 48.6 Å². The maximum Gasteiger partial charge on any atom is 0.306 e. The molecule has 0 amide bonds. The van der Waals surface area contributed by atoms with Crippen LogP contribution < -0.4 is 0 Å². The minimum Gasteiger partial charge on any atom is -0.462 e. The molecule has 0 aliphatic rings. The summed E-state index contributed by atoms with van der Waals surface area (Å²) in [5, 5.41) is 0. The molecule has 1 atom stereocenters. The maximum absolute atomic E-state index is 12.8. The minimum absolute atomic E-state index is 0.0848. The highest BCUT2D eigenvalue weighted by atomic mass is 16.6. The number of allylic oxidation sites excluding steroid dienone is 8. The molecule has 0 N–H and O–H groups in total. The molecule has 342 valence electrons. The van der Waals surface area contributed by atoms with Gasteiger partial charge < -0.3 is 14.2 Å². The van der Waals surface area contributed by atoms with E-state index in [1.807, 2.05) is 0 Å². The van der Waals surface area contributed by atoms with E-state index in [1.54, 1.807) is 0 Å². The van der Waals surface area contributed by atoms with Gasteiger partial charge in [0.1, 0.15) is 13.2 Å². The number of hydrogen-bond acceptors (Lipinski definition) is 6. The van der Waals surface area contributed by atoms with Crippen LogP contribution in [0, 0.1) is 0 Å². The van der Waals surface area contributed by atoms with E-state index in [9.17, 15) is 14.4 Å². The van der Waals surface area contributed by atoms with Crippen molar-refractivity contribution >= 4 is 17.9 Å². The molecule has 0 bridgehead atoms. The first-order valence-corrected chi connectivity index (χ1v) is 25.1. The molecule has 0 aromatic carbocycles. The Balaban J connectivity index is 4.42. The van der Waals surface area contributed by atoms with Crippen LogP contribution in [0.2, 0.25) is 0 Å². The lowest BCUT2D eigenvalue weighted by atomic mass is 10.1. The standard InChI is InChI=1S/C53H94O6/c1-4-7-10-13-16-19-22-25-28-31-34-37-40-43-46-52(55)58-49-50(48-57-51(54)45-42-39-36-33-30-27-24-21-18-15-12-9-6-3)59-53(56)47-44-41-38-35-32-29-26-23-20-17-14-11-8-5-2/h12,15,21-26,50H,4-11,13-14,16-20,27-49H2,1-3H3/b15-12-,24-21-,25-22-,26-23-. The lowest BCUT2D eigenvalue weighted by molar-refractivity contribution is -0.167. The van der Waals surface area contributed by atoms with Crippen LogP contribution in [-0.4, -0.2) is 37.2 Å². The fourth-order valence-electron chi connectivity index (χ4n) is 6.94. The molecule has 0 fully saturated rings. The number of ether oxygens (including phenoxy) is 3. The summed E-state index contributed by atoms with van der Waals surface area (Å²) >= 11 is 0. The molecule has 6 heteroatoms. The molecule has 0 heterocycles. The summed E-state index contributed by atoms with van der Waals surface area (Å²) < 4.78 is 16.8. The zero-order chi connectivity index (χ0) is 43.0. The SMILES string of the molecule is CCC/C=C\C/C=C\CCCCCCCC(=O)OCC(COC(=O)CCCCCCC/C=C\CCCCCCC)OC(=O)CCCCCCC/C=C\CCCCCCC. The number of esters is 3. The Bertz CT molecular complexity index is 1040. The molecule has 0 aliphatic carbocycles. The van der Waals surface area contributed by atoms with Gasteiger partial charge in [0.25, 0.3) is 0 Å². The topological polar surface area (TPSA) is 78.9 Å². The number of hydrogen-bond donors (Lipinski definition) is 0. The lowest BCUT2D eigenvalue weighted by Crippen LogP contribution is -2.30. The van der Waals surface area contributed by atoms with Crippen LogP contribution in [0.1, 0.15) is 252 Å². The summed E-state index contributed by atoms with van der Waals surface area (Å²) in [4.78, 5) is 37.9. The quantitative estimate of drug-likeness (QED) is 0.0263. The highest BCUT2D eigenvalue weighted by molar-refractivity contribution is 5.71. The fraction of sp³-hybridized carbons (Fsp3) is 0.792. The van der Waals surface area contributed by atoms with E-state index < -0.39 is 6.10 Å². The smallest absolute Gasteiger partial charge is 0.306 e. The molecule has 0 aromatic heterocycles. The summed E-state index contributed by atoms with van der Waals surface area (Å²) in [5.74, 6) is -0.912. The summed E-state index contributed by atoms with van der Waals surface area (Å²) in [6.07, 6.45) is 56.6. The number of unbranched alkanes of at least 4 members (excludes halogenated alkanes) is 26. The van der Waals surface area contributed by atoms with Crippen molar-refractivity contribution in [1.29, 1.82) is 0 Å². The molecule has 0 spiro atoms. The zero-order valence-electron chi connectivity index (χ0n) is 39.0. The number of carbonyl (C=O) groups excluding carboxylic acids is 3. The van der Waals surface area contributed by atoms with Gasteiger partial charge in [-0.15, -0.1) is 0 Å². The molecule has 59 heavy (non-hydrogen) atoms. The first-order chi connectivity index (χ1) is 29.0. The normalized spacial score (nSPS) is 12.4. The molecule has 0 saturated heterocycles. The van der Waals surface area contributed by atoms with E-state index in [1.165, 1.54) is 109 Å². The predicted molar refractivity (Wildman–Crippen MR) is 252 cm³/mol. The van der Waals surface area contributed by atoms with Crippen LogP contribution in [0.15, 0.2) is 48.6 Å². The Labute approximate surface area is 365 Å². The van der Waals surface area contributed by atoms with Crippen molar-refractivity contribution in [2.75, 3.05) is 13.2 Å². The predicted octanol–water partition coefficient (Wildman–Crippen LogP) is 16.3. The third kappa shape index (κ3) is 46.3. The van der Waals surface area contributed by atoms with Gasteiger partial charge in [-0.25, -0.2) is 0 Å². The van der Waals surface area contributed by atoms with E-state index in [0.717, 1.165) is 103 Å². The molecular formula is C53H94O6. The Kier molecular flexibility index (Phi) is 45.9. The van der Waals surface area contributed by atoms with Gasteiger partial charge in [-0.05, 0) is 96.3 Å². The third-order valence-corrected chi connectivity index (χ3v) is 10.8. The van der Waals surface area contributed by atoms with Crippen LogP contribution in [0.25, 0.3) is 0 Å². The Morgan fingerprint density at radius 3 is 1.02 bits per heavy atom. The van der Waals surface area contributed by atoms with Gasteiger partial charge >= 0.3 is 17.9 Å². The average Bonchev–Trinajstić information content (AvgIpc) is 3.23. The highest BCUT2D eigenvalue weighted by Gasteiger charge is 2.19. The molecule has 6 nitrogen and oxygen atoms in total. The van der Waals surface area contributed by atoms with E-state index in [2.05, 4.69) is 69.4 Å². The number of rotatable bonds is 45. The summed E-state index contributed by atoms with van der Waals surface area (Å²) in [6.45, 7) is 6.53. The fourth-order valence-corrected chi connectivity index (χ4v) is 6.94. The largest absolute Gasteiger partial charge is 0.462 e. The van der Waals surface area contributed by atoms with Crippen LogP contribution in [0.5, 0.6) is 0 Å². The Morgan fingerprint density at radius 2 is 0.644 bits per heavy atom. The van der Waals surface area contributed by atoms with Crippen molar-refractivity contribution in [3.8, 4) is 0 Å². The van der Waals surface area contributed by atoms with Crippen LogP contribution in [0.3, 0.4) is 0 Å². The first kappa shape index (κ1) is 56.4. The average molecular weight is 827 g/mol. The Morgan fingerprint density at radius 1 is 0.339 bits per heavy atom. The molecule has 0 radical (unpaired) electrons. The molecule has 0 aromatic rings. The summed E-state index contributed by atoms with van der Waals surface area (Å²) in [6, 6.07) is 0. The Hall–Kier alpha value is -2.63. The van der Waals surface area contributed by atoms with Gasteiger partial charge in [-0.2, -0.15) is 0 Å². The molecular weight excluding hydrogens is 733 g/mol. The van der Waals surface area contributed by atoms with E-state index in [-0.39, 0.29) is 31.1 Å². The van der Waals surface area contributed by atoms with Crippen molar-refractivity contribution in [2.24, 2.45) is 0 Å². The van der Waals surface area contributed by atoms with E-state index in [4.69, 9.17) is 14.2 Å². The van der Waals surface area contributed by atoms with Crippen LogP contribution in [0.4, 0.5) is 0 Å². The second-order valence-electron chi connectivity index (χ2n) is 16.7.